The third-order valence-corrected chi connectivity index (χ3v) is 5.47. The standard InChI is InChI=1S/C24H23/c1-4-12-20(13-5-1)22-16-8-9-17-23(22)24(18-10-3-11-19-24)21-14-6-2-7-15-21/h1-2,4-9,12-15,17H,3,10-11,18-19H2. The summed E-state index contributed by atoms with van der Waals surface area (Å²) < 4.78 is 0. The Hall–Kier alpha value is -2.34. The van der Waals surface area contributed by atoms with Crippen LogP contribution in [0.5, 0.6) is 0 Å². The third-order valence-electron chi connectivity index (χ3n) is 5.47. The predicted octanol–water partition coefficient (Wildman–Crippen LogP) is 6.40. The Morgan fingerprint density at radius 3 is 2.04 bits per heavy atom. The van der Waals surface area contributed by atoms with E-state index in [0.717, 1.165) is 0 Å². The maximum atomic E-state index is 3.55. The summed E-state index contributed by atoms with van der Waals surface area (Å²) in [6, 6.07) is 31.9. The lowest BCUT2D eigenvalue weighted by Gasteiger charge is -2.40. The molecule has 0 spiro atoms. The quantitative estimate of drug-likeness (QED) is 0.524. The monoisotopic (exact) mass is 311 g/mol. The van der Waals surface area contributed by atoms with Crippen LogP contribution in [0.15, 0.2) is 78.9 Å². The van der Waals surface area contributed by atoms with Crippen LogP contribution in [0.25, 0.3) is 11.1 Å². The van der Waals surface area contributed by atoms with Gasteiger partial charge in [-0.15, -0.1) is 0 Å². The van der Waals surface area contributed by atoms with Gasteiger partial charge < -0.3 is 0 Å². The molecular formula is C24H23. The Kier molecular flexibility index (Phi) is 4.21. The lowest BCUT2D eigenvalue weighted by molar-refractivity contribution is 0.346. The fraction of sp³-hybridized carbons (Fsp3) is 0.250. The molecule has 3 aromatic rings. The van der Waals surface area contributed by atoms with E-state index in [9.17, 15) is 0 Å². The van der Waals surface area contributed by atoms with Crippen LogP contribution in [0.4, 0.5) is 0 Å². The second kappa shape index (κ2) is 6.65. The molecule has 0 amide bonds. The predicted molar refractivity (Wildman–Crippen MR) is 101 cm³/mol. The van der Waals surface area contributed by atoms with Crippen molar-refractivity contribution >= 4 is 0 Å². The van der Waals surface area contributed by atoms with Crippen molar-refractivity contribution in [1.82, 2.24) is 0 Å². The molecule has 0 heterocycles. The molecule has 1 aliphatic carbocycles. The molecule has 0 aromatic heterocycles. The largest absolute Gasteiger partial charge is 0.0622 e. The van der Waals surface area contributed by atoms with Gasteiger partial charge in [-0.3, -0.25) is 0 Å². The fourth-order valence-electron chi connectivity index (χ4n) is 4.31. The molecule has 24 heavy (non-hydrogen) atoms. The van der Waals surface area contributed by atoms with Crippen LogP contribution in [0.3, 0.4) is 0 Å². The van der Waals surface area contributed by atoms with Crippen molar-refractivity contribution in [2.75, 3.05) is 0 Å². The molecule has 0 unspecified atom stereocenters. The van der Waals surface area contributed by atoms with Gasteiger partial charge in [0, 0.05) is 5.41 Å². The highest BCUT2D eigenvalue weighted by Crippen LogP contribution is 2.47. The minimum absolute atomic E-state index is 0.127. The first-order valence-corrected chi connectivity index (χ1v) is 9.02. The van der Waals surface area contributed by atoms with Crippen molar-refractivity contribution in [3.8, 4) is 11.1 Å². The Morgan fingerprint density at radius 2 is 1.33 bits per heavy atom. The van der Waals surface area contributed by atoms with Gasteiger partial charge in [0.1, 0.15) is 0 Å². The SMILES string of the molecule is [c]1cccc(C2(c3ccccc3)CCCCC2)c1-c1ccccc1. The molecule has 1 radical (unpaired) electrons. The van der Waals surface area contributed by atoms with Crippen molar-refractivity contribution in [2.45, 2.75) is 37.5 Å². The van der Waals surface area contributed by atoms with E-state index in [-0.39, 0.29) is 5.41 Å². The summed E-state index contributed by atoms with van der Waals surface area (Å²) in [5, 5.41) is 0. The smallest absolute Gasteiger partial charge is 0.0209 e. The highest BCUT2D eigenvalue weighted by Gasteiger charge is 2.37. The van der Waals surface area contributed by atoms with Crippen LogP contribution >= 0.6 is 0 Å². The zero-order chi connectivity index (χ0) is 16.2. The molecule has 1 aliphatic rings. The maximum Gasteiger partial charge on any atom is 0.0209 e. The van der Waals surface area contributed by atoms with E-state index >= 15 is 0 Å². The zero-order valence-corrected chi connectivity index (χ0v) is 14.0. The first-order chi connectivity index (χ1) is 11.9. The van der Waals surface area contributed by atoms with Gasteiger partial charge >= 0.3 is 0 Å². The molecule has 1 fully saturated rings. The molecule has 0 N–H and O–H groups in total. The van der Waals surface area contributed by atoms with E-state index in [1.807, 2.05) is 6.07 Å². The second-order valence-corrected chi connectivity index (χ2v) is 6.83. The second-order valence-electron chi connectivity index (χ2n) is 6.83. The summed E-state index contributed by atoms with van der Waals surface area (Å²) in [4.78, 5) is 0. The number of hydrogen-bond acceptors (Lipinski definition) is 0. The van der Waals surface area contributed by atoms with Gasteiger partial charge in [0.25, 0.3) is 0 Å². The van der Waals surface area contributed by atoms with E-state index in [4.69, 9.17) is 0 Å². The van der Waals surface area contributed by atoms with E-state index in [1.54, 1.807) is 0 Å². The molecule has 3 aromatic carbocycles. The molecule has 1 saturated carbocycles. The minimum atomic E-state index is 0.127. The van der Waals surface area contributed by atoms with Crippen molar-refractivity contribution in [3.63, 3.8) is 0 Å². The maximum absolute atomic E-state index is 3.55. The summed E-state index contributed by atoms with van der Waals surface area (Å²) >= 11 is 0. The topological polar surface area (TPSA) is 0 Å². The summed E-state index contributed by atoms with van der Waals surface area (Å²) in [5.41, 5.74) is 5.57. The lowest BCUT2D eigenvalue weighted by Crippen LogP contribution is -2.31. The number of benzene rings is 3. The fourth-order valence-corrected chi connectivity index (χ4v) is 4.31. The van der Waals surface area contributed by atoms with Gasteiger partial charge in [-0.25, -0.2) is 0 Å². The molecule has 119 valence electrons. The van der Waals surface area contributed by atoms with Crippen molar-refractivity contribution in [3.05, 3.63) is 96.1 Å². The summed E-state index contributed by atoms with van der Waals surface area (Å²) in [7, 11) is 0. The molecule has 0 atom stereocenters. The minimum Gasteiger partial charge on any atom is -0.0622 e. The van der Waals surface area contributed by atoms with E-state index in [1.165, 1.54) is 54.4 Å². The van der Waals surface area contributed by atoms with Crippen molar-refractivity contribution < 1.29 is 0 Å². The summed E-state index contributed by atoms with van der Waals surface area (Å²) in [5.74, 6) is 0. The van der Waals surface area contributed by atoms with Crippen LogP contribution < -0.4 is 0 Å². The zero-order valence-electron chi connectivity index (χ0n) is 14.0. The van der Waals surface area contributed by atoms with Gasteiger partial charge in [0.15, 0.2) is 0 Å². The molecule has 0 aliphatic heterocycles. The van der Waals surface area contributed by atoms with Gasteiger partial charge in [-0.2, -0.15) is 0 Å². The Bertz CT molecular complexity index is 781. The Morgan fingerprint density at radius 1 is 0.667 bits per heavy atom. The van der Waals surface area contributed by atoms with Crippen LogP contribution in [0.2, 0.25) is 0 Å². The van der Waals surface area contributed by atoms with E-state index in [0.29, 0.717) is 0 Å². The molecular weight excluding hydrogens is 288 g/mol. The normalized spacial score (nSPS) is 16.7. The van der Waals surface area contributed by atoms with Crippen molar-refractivity contribution in [2.24, 2.45) is 0 Å². The van der Waals surface area contributed by atoms with Crippen LogP contribution in [0.1, 0.15) is 43.2 Å². The Balaban J connectivity index is 1.92. The molecule has 0 nitrogen and oxygen atoms in total. The van der Waals surface area contributed by atoms with E-state index in [2.05, 4.69) is 78.9 Å². The molecule has 0 saturated heterocycles. The lowest BCUT2D eigenvalue weighted by atomic mass is 9.64. The average molecular weight is 311 g/mol. The summed E-state index contributed by atoms with van der Waals surface area (Å²) in [6.45, 7) is 0. The van der Waals surface area contributed by atoms with Gasteiger partial charge in [0.2, 0.25) is 0 Å². The summed E-state index contributed by atoms with van der Waals surface area (Å²) in [6.07, 6.45) is 6.42. The first-order valence-electron chi connectivity index (χ1n) is 9.02. The van der Waals surface area contributed by atoms with Crippen LogP contribution in [-0.4, -0.2) is 0 Å². The van der Waals surface area contributed by atoms with Crippen LogP contribution in [0, 0.1) is 6.07 Å². The molecule has 0 heteroatoms. The Labute approximate surface area is 145 Å². The van der Waals surface area contributed by atoms with Gasteiger partial charge in [-0.1, -0.05) is 98.1 Å². The number of rotatable bonds is 3. The highest BCUT2D eigenvalue weighted by atomic mass is 14.4. The number of hydrogen-bond donors (Lipinski definition) is 0. The molecule has 4 rings (SSSR count). The third kappa shape index (κ3) is 2.67. The first kappa shape index (κ1) is 15.2. The average Bonchev–Trinajstić information content (AvgIpc) is 2.70. The van der Waals surface area contributed by atoms with Gasteiger partial charge in [-0.05, 0) is 41.2 Å². The van der Waals surface area contributed by atoms with Crippen LogP contribution in [-0.2, 0) is 5.41 Å². The van der Waals surface area contributed by atoms with E-state index < -0.39 is 0 Å². The highest BCUT2D eigenvalue weighted by molar-refractivity contribution is 5.69. The van der Waals surface area contributed by atoms with Gasteiger partial charge in [0.05, 0.1) is 0 Å². The van der Waals surface area contributed by atoms with Crippen molar-refractivity contribution in [1.29, 1.82) is 0 Å². The molecule has 0 bridgehead atoms.